The highest BCUT2D eigenvalue weighted by Crippen LogP contribution is 2.23. The summed E-state index contributed by atoms with van der Waals surface area (Å²) in [6.07, 6.45) is 4.61. The van der Waals surface area contributed by atoms with Crippen molar-refractivity contribution in [2.75, 3.05) is 0 Å². The number of nitrogens with two attached hydrogens (primary N) is 1. The van der Waals surface area contributed by atoms with Gasteiger partial charge in [-0.3, -0.25) is 5.43 Å². The number of thiocarbonyl (C=S) groups is 1. The van der Waals surface area contributed by atoms with Crippen LogP contribution in [-0.4, -0.2) is 21.1 Å². The molecule has 0 aliphatic carbocycles. The highest BCUT2D eigenvalue weighted by Gasteiger charge is 2.11. The van der Waals surface area contributed by atoms with Gasteiger partial charge < -0.3 is 5.73 Å². The zero-order valence-electron chi connectivity index (χ0n) is 13.9. The van der Waals surface area contributed by atoms with Gasteiger partial charge in [-0.25, -0.2) is 4.68 Å². The Kier molecular flexibility index (Phi) is 5.20. The van der Waals surface area contributed by atoms with Gasteiger partial charge in [0, 0.05) is 17.3 Å². The lowest BCUT2D eigenvalue weighted by Gasteiger charge is -2.02. The molecule has 0 amide bonds. The van der Waals surface area contributed by atoms with Gasteiger partial charge in [0.15, 0.2) is 5.11 Å². The number of nitrogens with one attached hydrogen (secondary N) is 1. The maximum Gasteiger partial charge on any atom is 0.184 e. The van der Waals surface area contributed by atoms with Crippen LogP contribution in [-0.2, 0) is 6.42 Å². The Morgan fingerprint density at radius 2 is 1.92 bits per heavy atom. The molecule has 3 N–H and O–H groups in total. The average Bonchev–Trinajstić information content (AvgIpc) is 3.06. The van der Waals surface area contributed by atoms with E-state index >= 15 is 0 Å². The standard InChI is InChI=1S/C19H19N5S/c1-2-14-8-10-15(11-9-14)18-16(12-21-22-19(20)25)13-24(23-18)17-6-4-3-5-7-17/h3-13H,2H2,1H3,(H3,20,22,25)/b21-12-. The SMILES string of the molecule is CCc1ccc(-c2nn(-c3ccccc3)cc2/C=N\NC(N)=S)cc1. The van der Waals surface area contributed by atoms with Crippen LogP contribution >= 0.6 is 12.2 Å². The second kappa shape index (κ2) is 7.72. The van der Waals surface area contributed by atoms with Crippen LogP contribution in [0.15, 0.2) is 65.9 Å². The third-order valence-corrected chi connectivity index (χ3v) is 3.87. The lowest BCUT2D eigenvalue weighted by Crippen LogP contribution is -2.24. The first kappa shape index (κ1) is 16.9. The van der Waals surface area contributed by atoms with Gasteiger partial charge in [-0.05, 0) is 36.3 Å². The fourth-order valence-electron chi connectivity index (χ4n) is 2.48. The molecule has 0 radical (unpaired) electrons. The van der Waals surface area contributed by atoms with Crippen LogP contribution in [0.4, 0.5) is 0 Å². The first-order chi connectivity index (χ1) is 12.2. The Bertz CT molecular complexity index is 882. The highest BCUT2D eigenvalue weighted by atomic mass is 32.1. The number of benzene rings is 2. The van der Waals surface area contributed by atoms with E-state index in [1.807, 2.05) is 41.2 Å². The Balaban J connectivity index is 2.02. The van der Waals surface area contributed by atoms with Gasteiger partial charge in [0.05, 0.1) is 11.9 Å². The summed E-state index contributed by atoms with van der Waals surface area (Å²) in [5.74, 6) is 0. The third-order valence-electron chi connectivity index (χ3n) is 3.78. The summed E-state index contributed by atoms with van der Waals surface area (Å²) < 4.78 is 1.84. The smallest absolute Gasteiger partial charge is 0.184 e. The minimum atomic E-state index is 0.126. The van der Waals surface area contributed by atoms with Crippen molar-refractivity contribution < 1.29 is 0 Å². The summed E-state index contributed by atoms with van der Waals surface area (Å²) in [6, 6.07) is 18.3. The zero-order chi connectivity index (χ0) is 17.6. The second-order valence-electron chi connectivity index (χ2n) is 5.50. The molecule has 2 aromatic carbocycles. The maximum absolute atomic E-state index is 5.42. The molecule has 0 aliphatic heterocycles. The van der Waals surface area contributed by atoms with Crippen molar-refractivity contribution in [1.29, 1.82) is 0 Å². The molecule has 0 saturated carbocycles. The number of aryl methyl sites for hydroxylation is 1. The average molecular weight is 349 g/mol. The number of hydrazone groups is 1. The number of rotatable bonds is 5. The van der Waals surface area contributed by atoms with Crippen molar-refractivity contribution in [3.05, 3.63) is 71.9 Å². The van der Waals surface area contributed by atoms with Gasteiger partial charge in [0.2, 0.25) is 0 Å². The molecule has 5 nitrogen and oxygen atoms in total. The number of para-hydroxylation sites is 1. The molecule has 0 saturated heterocycles. The molecule has 3 rings (SSSR count). The highest BCUT2D eigenvalue weighted by molar-refractivity contribution is 7.80. The largest absolute Gasteiger partial charge is 0.375 e. The fourth-order valence-corrected chi connectivity index (χ4v) is 2.54. The van der Waals surface area contributed by atoms with Crippen LogP contribution in [0.1, 0.15) is 18.1 Å². The molecule has 1 heterocycles. The molecular formula is C19H19N5S. The van der Waals surface area contributed by atoms with Crippen molar-refractivity contribution in [1.82, 2.24) is 15.2 Å². The van der Waals surface area contributed by atoms with Crippen LogP contribution < -0.4 is 11.2 Å². The van der Waals surface area contributed by atoms with Crippen LogP contribution in [0.25, 0.3) is 16.9 Å². The summed E-state index contributed by atoms with van der Waals surface area (Å²) in [5, 5.41) is 8.94. The normalized spacial score (nSPS) is 10.9. The summed E-state index contributed by atoms with van der Waals surface area (Å²) in [4.78, 5) is 0. The number of nitrogens with zero attached hydrogens (tertiary/aromatic N) is 3. The molecular weight excluding hydrogens is 330 g/mol. The third kappa shape index (κ3) is 4.10. The molecule has 126 valence electrons. The quantitative estimate of drug-likeness (QED) is 0.421. The molecule has 1 aromatic heterocycles. The van der Waals surface area contributed by atoms with Gasteiger partial charge in [-0.1, -0.05) is 49.4 Å². The molecule has 3 aromatic rings. The predicted octanol–water partition coefficient (Wildman–Crippen LogP) is 3.27. The molecule has 0 atom stereocenters. The Hall–Kier alpha value is -2.99. The summed E-state index contributed by atoms with van der Waals surface area (Å²) in [7, 11) is 0. The van der Waals surface area contributed by atoms with E-state index in [0.717, 1.165) is 28.9 Å². The van der Waals surface area contributed by atoms with Gasteiger partial charge in [-0.15, -0.1) is 0 Å². The van der Waals surface area contributed by atoms with Crippen LogP contribution in [0.5, 0.6) is 0 Å². The summed E-state index contributed by atoms with van der Waals surface area (Å²) in [5.41, 5.74) is 13.0. The van der Waals surface area contributed by atoms with E-state index in [1.54, 1.807) is 6.21 Å². The lowest BCUT2D eigenvalue weighted by atomic mass is 10.1. The minimum absolute atomic E-state index is 0.126. The monoisotopic (exact) mass is 349 g/mol. The van der Waals surface area contributed by atoms with Crippen molar-refractivity contribution in [3.8, 4) is 16.9 Å². The maximum atomic E-state index is 5.42. The lowest BCUT2D eigenvalue weighted by molar-refractivity contribution is 0.884. The van der Waals surface area contributed by atoms with Gasteiger partial charge >= 0.3 is 0 Å². The van der Waals surface area contributed by atoms with Crippen molar-refractivity contribution in [3.63, 3.8) is 0 Å². The summed E-state index contributed by atoms with van der Waals surface area (Å²) >= 11 is 4.78. The molecule has 0 aliphatic rings. The number of aromatic nitrogens is 2. The van der Waals surface area contributed by atoms with E-state index in [0.29, 0.717) is 0 Å². The van der Waals surface area contributed by atoms with E-state index in [2.05, 4.69) is 41.7 Å². The van der Waals surface area contributed by atoms with Crippen LogP contribution in [0.3, 0.4) is 0 Å². The predicted molar refractivity (Wildman–Crippen MR) is 106 cm³/mol. The van der Waals surface area contributed by atoms with Gasteiger partial charge in [-0.2, -0.15) is 10.2 Å². The van der Waals surface area contributed by atoms with Crippen LogP contribution in [0, 0.1) is 0 Å². The van der Waals surface area contributed by atoms with Crippen molar-refractivity contribution >= 4 is 23.5 Å². The molecule has 0 bridgehead atoms. The number of hydrogen-bond donors (Lipinski definition) is 2. The topological polar surface area (TPSA) is 68.2 Å². The van der Waals surface area contributed by atoms with E-state index in [-0.39, 0.29) is 5.11 Å². The Morgan fingerprint density at radius 1 is 1.20 bits per heavy atom. The van der Waals surface area contributed by atoms with Crippen molar-refractivity contribution in [2.24, 2.45) is 10.8 Å². The number of hydrogen-bond acceptors (Lipinski definition) is 3. The first-order valence-electron chi connectivity index (χ1n) is 8.00. The molecule has 25 heavy (non-hydrogen) atoms. The molecule has 6 heteroatoms. The van der Waals surface area contributed by atoms with Gasteiger partial charge in [0.25, 0.3) is 0 Å². The second-order valence-corrected chi connectivity index (χ2v) is 5.94. The zero-order valence-corrected chi connectivity index (χ0v) is 14.7. The molecule has 0 spiro atoms. The van der Waals surface area contributed by atoms with E-state index in [9.17, 15) is 0 Å². The van der Waals surface area contributed by atoms with Crippen molar-refractivity contribution in [2.45, 2.75) is 13.3 Å². The molecule has 0 fully saturated rings. The Labute approximate surface area is 152 Å². The molecule has 0 unspecified atom stereocenters. The minimum Gasteiger partial charge on any atom is -0.375 e. The van der Waals surface area contributed by atoms with E-state index < -0.39 is 0 Å². The Morgan fingerprint density at radius 3 is 2.56 bits per heavy atom. The summed E-state index contributed by atoms with van der Waals surface area (Å²) in [6.45, 7) is 2.14. The first-order valence-corrected chi connectivity index (χ1v) is 8.41. The van der Waals surface area contributed by atoms with Gasteiger partial charge in [0.1, 0.15) is 5.69 Å². The van der Waals surface area contributed by atoms with E-state index in [1.165, 1.54) is 5.56 Å². The van der Waals surface area contributed by atoms with E-state index in [4.69, 9.17) is 23.1 Å². The van der Waals surface area contributed by atoms with Crippen LogP contribution in [0.2, 0.25) is 0 Å². The fraction of sp³-hybridized carbons (Fsp3) is 0.105.